The summed E-state index contributed by atoms with van der Waals surface area (Å²) in [6.07, 6.45) is 0.795. The molecule has 0 unspecified atom stereocenters. The molecule has 6 nitrogen and oxygen atoms in total. The molecule has 0 saturated heterocycles. The molecule has 1 fully saturated rings. The Morgan fingerprint density at radius 3 is 2.48 bits per heavy atom. The number of hydrogen-bond donors (Lipinski definition) is 1. The predicted molar refractivity (Wildman–Crippen MR) is 80.9 cm³/mol. The van der Waals surface area contributed by atoms with Crippen LogP contribution in [0.4, 0.5) is 10.1 Å². The smallest absolute Gasteiger partial charge is 0.309 e. The number of hydrogen-bond acceptors (Lipinski definition) is 4. The molecule has 2 amide bonds. The summed E-state index contributed by atoms with van der Waals surface area (Å²) in [5, 5.41) is 2.55. The summed E-state index contributed by atoms with van der Waals surface area (Å²) >= 11 is 0. The Morgan fingerprint density at radius 2 is 1.91 bits per heavy atom. The molecular formula is C16H19FN2O4. The van der Waals surface area contributed by atoms with Crippen LogP contribution < -0.4 is 5.32 Å². The fourth-order valence-electron chi connectivity index (χ4n) is 2.04. The third-order valence-corrected chi connectivity index (χ3v) is 3.68. The van der Waals surface area contributed by atoms with Crippen LogP contribution in [0, 0.1) is 17.7 Å². The SMILES string of the molecule is C[C@H]1C[C@H]1C(=O)OCC(=O)N(C)CC(=O)Nc1ccc(F)cc1. The molecule has 23 heavy (non-hydrogen) atoms. The van der Waals surface area contributed by atoms with Gasteiger partial charge in [0.15, 0.2) is 6.61 Å². The van der Waals surface area contributed by atoms with Crippen molar-refractivity contribution in [1.29, 1.82) is 0 Å². The molecule has 1 aliphatic carbocycles. The highest BCUT2D eigenvalue weighted by Gasteiger charge is 2.40. The van der Waals surface area contributed by atoms with Crippen LogP contribution in [0.2, 0.25) is 0 Å². The lowest BCUT2D eigenvalue weighted by atomic mass is 10.3. The van der Waals surface area contributed by atoms with E-state index in [1.807, 2.05) is 6.92 Å². The Labute approximate surface area is 133 Å². The van der Waals surface area contributed by atoms with Crippen molar-refractivity contribution >= 4 is 23.5 Å². The van der Waals surface area contributed by atoms with Gasteiger partial charge in [-0.15, -0.1) is 0 Å². The number of benzene rings is 1. The van der Waals surface area contributed by atoms with Gasteiger partial charge in [0.25, 0.3) is 5.91 Å². The minimum atomic E-state index is -0.457. The second-order valence-corrected chi connectivity index (χ2v) is 5.73. The molecule has 1 saturated carbocycles. The van der Waals surface area contributed by atoms with E-state index in [2.05, 4.69) is 5.32 Å². The Hall–Kier alpha value is -2.44. The van der Waals surface area contributed by atoms with Crippen LogP contribution in [-0.4, -0.2) is 42.9 Å². The van der Waals surface area contributed by atoms with Gasteiger partial charge in [-0.25, -0.2) is 4.39 Å². The van der Waals surface area contributed by atoms with Crippen molar-refractivity contribution in [3.8, 4) is 0 Å². The second kappa shape index (κ2) is 7.21. The Morgan fingerprint density at radius 1 is 1.30 bits per heavy atom. The molecule has 1 aliphatic rings. The normalized spacial score (nSPS) is 18.9. The minimum Gasteiger partial charge on any atom is -0.455 e. The number of ether oxygens (including phenoxy) is 1. The van der Waals surface area contributed by atoms with Gasteiger partial charge in [0.05, 0.1) is 12.5 Å². The molecule has 1 N–H and O–H groups in total. The van der Waals surface area contributed by atoms with E-state index in [1.54, 1.807) is 0 Å². The highest BCUT2D eigenvalue weighted by atomic mass is 19.1. The van der Waals surface area contributed by atoms with Crippen molar-refractivity contribution in [2.45, 2.75) is 13.3 Å². The fraction of sp³-hybridized carbons (Fsp3) is 0.438. The summed E-state index contributed by atoms with van der Waals surface area (Å²) in [6, 6.07) is 5.30. The van der Waals surface area contributed by atoms with Gasteiger partial charge < -0.3 is 15.0 Å². The third kappa shape index (κ3) is 5.05. The van der Waals surface area contributed by atoms with Gasteiger partial charge >= 0.3 is 5.97 Å². The lowest BCUT2D eigenvalue weighted by Gasteiger charge is -2.16. The van der Waals surface area contributed by atoms with Gasteiger partial charge in [0.2, 0.25) is 5.91 Å². The number of nitrogens with zero attached hydrogens (tertiary/aromatic N) is 1. The average molecular weight is 322 g/mol. The van der Waals surface area contributed by atoms with Crippen LogP contribution in [0.25, 0.3) is 0 Å². The Bertz CT molecular complexity index is 603. The van der Waals surface area contributed by atoms with E-state index in [0.717, 1.165) is 6.42 Å². The summed E-state index contributed by atoms with van der Waals surface area (Å²) in [4.78, 5) is 36.3. The first kappa shape index (κ1) is 16.9. The van der Waals surface area contributed by atoms with Crippen LogP contribution in [0.5, 0.6) is 0 Å². The quantitative estimate of drug-likeness (QED) is 0.804. The fourth-order valence-corrected chi connectivity index (χ4v) is 2.04. The largest absolute Gasteiger partial charge is 0.455 e. The van der Waals surface area contributed by atoms with E-state index in [1.165, 1.54) is 36.2 Å². The molecule has 0 bridgehead atoms. The van der Waals surface area contributed by atoms with E-state index >= 15 is 0 Å². The molecule has 1 aromatic carbocycles. The van der Waals surface area contributed by atoms with Gasteiger partial charge in [-0.05, 0) is 36.6 Å². The zero-order chi connectivity index (χ0) is 17.0. The summed E-state index contributed by atoms with van der Waals surface area (Å²) < 4.78 is 17.7. The zero-order valence-corrected chi connectivity index (χ0v) is 13.0. The van der Waals surface area contributed by atoms with E-state index in [9.17, 15) is 18.8 Å². The van der Waals surface area contributed by atoms with Crippen molar-refractivity contribution in [3.63, 3.8) is 0 Å². The molecule has 7 heteroatoms. The van der Waals surface area contributed by atoms with Gasteiger partial charge in [-0.2, -0.15) is 0 Å². The number of carbonyl (C=O) groups is 3. The maximum atomic E-state index is 12.8. The number of anilines is 1. The number of rotatable bonds is 6. The van der Waals surface area contributed by atoms with Gasteiger partial charge in [-0.1, -0.05) is 6.92 Å². The van der Waals surface area contributed by atoms with E-state index in [4.69, 9.17) is 4.74 Å². The van der Waals surface area contributed by atoms with Gasteiger partial charge in [0.1, 0.15) is 5.82 Å². The van der Waals surface area contributed by atoms with Crippen LogP contribution >= 0.6 is 0 Å². The molecule has 2 atom stereocenters. The molecule has 0 aliphatic heterocycles. The molecule has 1 aromatic rings. The monoisotopic (exact) mass is 322 g/mol. The van der Waals surface area contributed by atoms with Crippen molar-refractivity contribution in [3.05, 3.63) is 30.1 Å². The Balaban J connectivity index is 1.72. The van der Waals surface area contributed by atoms with Gasteiger partial charge in [0, 0.05) is 12.7 Å². The lowest BCUT2D eigenvalue weighted by Crippen LogP contribution is -2.37. The number of halogens is 1. The van der Waals surface area contributed by atoms with Crippen molar-refractivity contribution in [1.82, 2.24) is 4.90 Å². The molecule has 0 spiro atoms. The lowest BCUT2D eigenvalue weighted by molar-refractivity contribution is -0.153. The molecule has 124 valence electrons. The summed E-state index contributed by atoms with van der Waals surface area (Å²) in [5.41, 5.74) is 0.436. The molecule has 0 radical (unpaired) electrons. The number of esters is 1. The minimum absolute atomic E-state index is 0.102. The summed E-state index contributed by atoms with van der Waals surface area (Å²) in [7, 11) is 1.44. The van der Waals surface area contributed by atoms with Crippen LogP contribution in [0.3, 0.4) is 0 Å². The highest BCUT2D eigenvalue weighted by Crippen LogP contribution is 2.38. The van der Waals surface area contributed by atoms with E-state index in [-0.39, 0.29) is 25.0 Å². The molecule has 2 rings (SSSR count). The number of amides is 2. The second-order valence-electron chi connectivity index (χ2n) is 5.73. The van der Waals surface area contributed by atoms with Crippen LogP contribution in [0.15, 0.2) is 24.3 Å². The number of carbonyl (C=O) groups excluding carboxylic acids is 3. The standard InChI is InChI=1S/C16H19FN2O4/c1-10-7-13(10)16(22)23-9-15(21)19(2)8-14(20)18-12-5-3-11(17)4-6-12/h3-6,10,13H,7-9H2,1-2H3,(H,18,20)/t10-,13+/m0/s1. The first-order valence-corrected chi connectivity index (χ1v) is 7.33. The van der Waals surface area contributed by atoms with Gasteiger partial charge in [-0.3, -0.25) is 14.4 Å². The highest BCUT2D eigenvalue weighted by molar-refractivity contribution is 5.94. The van der Waals surface area contributed by atoms with Crippen molar-refractivity contribution in [2.24, 2.45) is 11.8 Å². The van der Waals surface area contributed by atoms with Crippen LogP contribution in [0.1, 0.15) is 13.3 Å². The maximum absolute atomic E-state index is 12.8. The van der Waals surface area contributed by atoms with Crippen LogP contribution in [-0.2, 0) is 19.1 Å². The predicted octanol–water partition coefficient (Wildman–Crippen LogP) is 1.42. The Kier molecular flexibility index (Phi) is 5.31. The summed E-state index contributed by atoms with van der Waals surface area (Å²) in [6.45, 7) is 1.38. The first-order chi connectivity index (χ1) is 10.9. The summed E-state index contributed by atoms with van der Waals surface area (Å²) in [5.74, 6) is -1.43. The molecule has 0 aromatic heterocycles. The maximum Gasteiger partial charge on any atom is 0.309 e. The topological polar surface area (TPSA) is 75.7 Å². The third-order valence-electron chi connectivity index (χ3n) is 3.68. The van der Waals surface area contributed by atoms with Crippen molar-refractivity contribution in [2.75, 3.05) is 25.5 Å². The van der Waals surface area contributed by atoms with Crippen molar-refractivity contribution < 1.29 is 23.5 Å². The first-order valence-electron chi connectivity index (χ1n) is 7.33. The number of nitrogens with one attached hydrogen (secondary N) is 1. The molecule has 0 heterocycles. The van der Waals surface area contributed by atoms with E-state index in [0.29, 0.717) is 11.6 Å². The number of likely N-dealkylation sites (N-methyl/N-ethyl adjacent to an activating group) is 1. The molecular weight excluding hydrogens is 303 g/mol. The average Bonchev–Trinajstić information content (AvgIpc) is 3.23. The van der Waals surface area contributed by atoms with E-state index < -0.39 is 17.6 Å². The zero-order valence-electron chi connectivity index (χ0n) is 13.0.